The maximum atomic E-state index is 11.0. The predicted molar refractivity (Wildman–Crippen MR) is 69.5 cm³/mol. The van der Waals surface area contributed by atoms with Crippen LogP contribution >= 0.6 is 0 Å². The summed E-state index contributed by atoms with van der Waals surface area (Å²) in [7, 11) is 0. The number of benzene rings is 1. The number of aromatic nitrogens is 1. The first-order valence-corrected chi connectivity index (χ1v) is 5.51. The lowest BCUT2D eigenvalue weighted by Crippen LogP contribution is -2.11. The highest BCUT2D eigenvalue weighted by atomic mass is 16.6. The second kappa shape index (κ2) is 5.36. The summed E-state index contributed by atoms with van der Waals surface area (Å²) in [6, 6.07) is 4.78. The van der Waals surface area contributed by atoms with E-state index in [0.29, 0.717) is 17.3 Å². The van der Waals surface area contributed by atoms with E-state index >= 15 is 0 Å². The lowest BCUT2D eigenvalue weighted by molar-refractivity contribution is -0.383. The molecule has 8 nitrogen and oxygen atoms in total. The first kappa shape index (κ1) is 12.8. The van der Waals surface area contributed by atoms with E-state index in [1.54, 1.807) is 25.3 Å². The Morgan fingerprint density at radius 1 is 1.47 bits per heavy atom. The number of anilines is 2. The van der Waals surface area contributed by atoms with Gasteiger partial charge in [-0.2, -0.15) is 0 Å². The Morgan fingerprint density at radius 3 is 2.79 bits per heavy atom. The van der Waals surface area contributed by atoms with Gasteiger partial charge in [-0.25, -0.2) is 4.98 Å². The maximum Gasteiger partial charge on any atom is 0.316 e. The van der Waals surface area contributed by atoms with Gasteiger partial charge in [0.15, 0.2) is 0 Å². The van der Waals surface area contributed by atoms with Crippen molar-refractivity contribution in [1.82, 2.24) is 4.98 Å². The molecule has 1 heterocycles. The number of hydrogen-bond donors (Lipinski definition) is 3. The van der Waals surface area contributed by atoms with Crippen molar-refractivity contribution in [1.29, 1.82) is 0 Å². The highest BCUT2D eigenvalue weighted by molar-refractivity contribution is 5.75. The highest BCUT2D eigenvalue weighted by Gasteiger charge is 2.19. The molecule has 0 radical (unpaired) electrons. The minimum Gasteiger partial charge on any atom is -0.444 e. The van der Waals surface area contributed by atoms with E-state index in [1.807, 2.05) is 0 Å². The molecule has 0 saturated heterocycles. The Bertz CT molecular complexity index is 596. The number of oxazole rings is 1. The Labute approximate surface area is 108 Å². The SMILES string of the molecule is Cc1cnc(CNc2cccc(NN)c2[N+](=O)[O-])o1. The van der Waals surface area contributed by atoms with Crippen molar-refractivity contribution >= 4 is 17.1 Å². The number of para-hydroxylation sites is 1. The number of nitrogens with zero attached hydrogens (tertiary/aromatic N) is 2. The van der Waals surface area contributed by atoms with Gasteiger partial charge in [-0.05, 0) is 19.1 Å². The standard InChI is InChI=1S/C11H13N5O3/c1-7-5-14-10(19-7)6-13-8-3-2-4-9(15-12)11(8)16(17)18/h2-5,13,15H,6,12H2,1H3. The smallest absolute Gasteiger partial charge is 0.316 e. The van der Waals surface area contributed by atoms with Crippen LogP contribution in [-0.2, 0) is 6.54 Å². The van der Waals surface area contributed by atoms with E-state index in [2.05, 4.69) is 15.7 Å². The zero-order valence-corrected chi connectivity index (χ0v) is 10.2. The van der Waals surface area contributed by atoms with E-state index in [9.17, 15) is 10.1 Å². The first-order chi connectivity index (χ1) is 9.11. The number of nitro groups is 1. The van der Waals surface area contributed by atoms with Crippen LogP contribution in [0.2, 0.25) is 0 Å². The summed E-state index contributed by atoms with van der Waals surface area (Å²) in [6.45, 7) is 2.03. The van der Waals surface area contributed by atoms with Crippen LogP contribution < -0.4 is 16.6 Å². The number of aryl methyl sites for hydroxylation is 1. The fourth-order valence-corrected chi connectivity index (χ4v) is 1.65. The van der Waals surface area contributed by atoms with Crippen molar-refractivity contribution in [2.24, 2.45) is 5.84 Å². The molecular weight excluding hydrogens is 250 g/mol. The highest BCUT2D eigenvalue weighted by Crippen LogP contribution is 2.32. The first-order valence-electron chi connectivity index (χ1n) is 5.51. The molecule has 0 aliphatic heterocycles. The summed E-state index contributed by atoms with van der Waals surface area (Å²) < 4.78 is 5.28. The van der Waals surface area contributed by atoms with Gasteiger partial charge >= 0.3 is 5.69 Å². The normalized spacial score (nSPS) is 10.2. The van der Waals surface area contributed by atoms with Crippen LogP contribution in [0.3, 0.4) is 0 Å². The molecule has 0 aliphatic rings. The van der Waals surface area contributed by atoms with Crippen LogP contribution in [-0.4, -0.2) is 9.91 Å². The monoisotopic (exact) mass is 263 g/mol. The van der Waals surface area contributed by atoms with E-state index in [0.717, 1.165) is 0 Å². The predicted octanol–water partition coefficient (Wildman–Crippen LogP) is 1.79. The van der Waals surface area contributed by atoms with Crippen molar-refractivity contribution in [3.8, 4) is 0 Å². The number of nitrogens with two attached hydrogens (primary N) is 1. The van der Waals surface area contributed by atoms with Gasteiger partial charge in [0.1, 0.15) is 17.1 Å². The molecule has 2 aromatic rings. The van der Waals surface area contributed by atoms with Gasteiger partial charge in [-0.3, -0.25) is 16.0 Å². The lowest BCUT2D eigenvalue weighted by atomic mass is 10.2. The largest absolute Gasteiger partial charge is 0.444 e. The fraction of sp³-hybridized carbons (Fsp3) is 0.182. The van der Waals surface area contributed by atoms with Crippen LogP contribution in [0.1, 0.15) is 11.7 Å². The van der Waals surface area contributed by atoms with Gasteiger partial charge in [-0.15, -0.1) is 0 Å². The number of hydrogen-bond acceptors (Lipinski definition) is 7. The Balaban J connectivity index is 2.22. The molecule has 8 heteroatoms. The van der Waals surface area contributed by atoms with Gasteiger partial charge < -0.3 is 15.2 Å². The van der Waals surface area contributed by atoms with E-state index in [4.69, 9.17) is 10.3 Å². The minimum atomic E-state index is -0.502. The van der Waals surface area contributed by atoms with Gasteiger partial charge in [0.05, 0.1) is 17.7 Å². The molecule has 1 aromatic carbocycles. The third kappa shape index (κ3) is 2.80. The topological polar surface area (TPSA) is 119 Å². The van der Waals surface area contributed by atoms with Crippen molar-refractivity contribution in [3.05, 3.63) is 46.2 Å². The van der Waals surface area contributed by atoms with Gasteiger partial charge in [-0.1, -0.05) is 6.07 Å². The van der Waals surface area contributed by atoms with Crippen LogP contribution in [0.25, 0.3) is 0 Å². The average Bonchev–Trinajstić information content (AvgIpc) is 2.81. The van der Waals surface area contributed by atoms with Crippen LogP contribution in [0.4, 0.5) is 17.1 Å². The van der Waals surface area contributed by atoms with Gasteiger partial charge in [0, 0.05) is 0 Å². The van der Waals surface area contributed by atoms with Crippen LogP contribution in [0.5, 0.6) is 0 Å². The minimum absolute atomic E-state index is 0.117. The Hall–Kier alpha value is -2.61. The van der Waals surface area contributed by atoms with Crippen molar-refractivity contribution in [2.75, 3.05) is 10.7 Å². The fourth-order valence-electron chi connectivity index (χ4n) is 1.65. The third-order valence-electron chi connectivity index (χ3n) is 2.47. The second-order valence-electron chi connectivity index (χ2n) is 3.82. The lowest BCUT2D eigenvalue weighted by Gasteiger charge is -2.08. The summed E-state index contributed by atoms with van der Waals surface area (Å²) in [5.41, 5.74) is 2.76. The van der Waals surface area contributed by atoms with Crippen molar-refractivity contribution in [3.63, 3.8) is 0 Å². The molecule has 0 amide bonds. The zero-order chi connectivity index (χ0) is 13.8. The molecule has 4 N–H and O–H groups in total. The zero-order valence-electron chi connectivity index (χ0n) is 10.2. The quantitative estimate of drug-likeness (QED) is 0.427. The summed E-state index contributed by atoms with van der Waals surface area (Å²) in [4.78, 5) is 14.6. The number of hydrazine groups is 1. The van der Waals surface area contributed by atoms with Crippen LogP contribution in [0.15, 0.2) is 28.8 Å². The molecule has 0 spiro atoms. The summed E-state index contributed by atoms with van der Waals surface area (Å²) in [6.07, 6.45) is 1.59. The van der Waals surface area contributed by atoms with Gasteiger partial charge in [0.25, 0.3) is 0 Å². The third-order valence-corrected chi connectivity index (χ3v) is 2.47. The molecule has 2 rings (SSSR count). The number of rotatable bonds is 5. The Morgan fingerprint density at radius 2 is 2.21 bits per heavy atom. The second-order valence-corrected chi connectivity index (χ2v) is 3.82. The molecule has 0 unspecified atom stereocenters. The van der Waals surface area contributed by atoms with E-state index in [1.165, 1.54) is 6.07 Å². The van der Waals surface area contributed by atoms with Crippen molar-refractivity contribution < 1.29 is 9.34 Å². The van der Waals surface area contributed by atoms with E-state index in [-0.39, 0.29) is 17.9 Å². The number of nitrogens with one attached hydrogen (secondary N) is 2. The molecule has 19 heavy (non-hydrogen) atoms. The Kier molecular flexibility index (Phi) is 3.62. The molecule has 0 fully saturated rings. The molecular formula is C11H13N5O3. The van der Waals surface area contributed by atoms with Crippen LogP contribution in [0, 0.1) is 17.0 Å². The average molecular weight is 263 g/mol. The molecule has 0 atom stereocenters. The summed E-state index contributed by atoms with van der Waals surface area (Å²) >= 11 is 0. The molecule has 0 saturated carbocycles. The summed E-state index contributed by atoms with van der Waals surface area (Å²) in [5, 5.41) is 14.0. The molecule has 0 aliphatic carbocycles. The molecule has 1 aromatic heterocycles. The number of nitrogen functional groups attached to an aromatic ring is 1. The van der Waals surface area contributed by atoms with Gasteiger partial charge in [0.2, 0.25) is 5.89 Å². The van der Waals surface area contributed by atoms with Crippen molar-refractivity contribution in [2.45, 2.75) is 13.5 Å². The molecule has 0 bridgehead atoms. The maximum absolute atomic E-state index is 11.0. The van der Waals surface area contributed by atoms with E-state index < -0.39 is 4.92 Å². The number of nitro benzene ring substituents is 1. The molecule has 100 valence electrons. The summed E-state index contributed by atoms with van der Waals surface area (Å²) in [5.74, 6) is 6.40.